The number of likely N-dealkylation sites (N-methyl/N-ethyl adjacent to an activating group) is 1. The van der Waals surface area contributed by atoms with E-state index in [9.17, 15) is 0 Å². The first-order chi connectivity index (χ1) is 12.0. The van der Waals surface area contributed by atoms with Gasteiger partial charge in [0.15, 0.2) is 0 Å². The Hall–Kier alpha value is -1.84. The molecule has 25 heavy (non-hydrogen) atoms. The van der Waals surface area contributed by atoms with Crippen LogP contribution in [0.3, 0.4) is 0 Å². The average Bonchev–Trinajstić information content (AvgIpc) is 2.60. The lowest BCUT2D eigenvalue weighted by Crippen LogP contribution is -2.66. The summed E-state index contributed by atoms with van der Waals surface area (Å²) in [5.41, 5.74) is 12.9. The molecule has 4 rings (SSSR count). The number of rotatable bonds is 3. The van der Waals surface area contributed by atoms with Gasteiger partial charge in [-0.2, -0.15) is 0 Å². The van der Waals surface area contributed by atoms with Crippen molar-refractivity contribution in [3.05, 3.63) is 64.7 Å². The third-order valence-corrected chi connectivity index (χ3v) is 6.50. The highest BCUT2D eigenvalue weighted by Gasteiger charge is 2.49. The molecule has 132 valence electrons. The smallest absolute Gasteiger partial charge is 0.0359 e. The van der Waals surface area contributed by atoms with E-state index in [2.05, 4.69) is 61.4 Å². The first-order valence-electron chi connectivity index (χ1n) is 9.36. The summed E-state index contributed by atoms with van der Waals surface area (Å²) in [5.74, 6) is 0. The van der Waals surface area contributed by atoms with Crippen molar-refractivity contribution in [1.29, 1.82) is 0 Å². The molecular formula is C22H29N3. The van der Waals surface area contributed by atoms with Crippen LogP contribution >= 0.6 is 0 Å². The molecule has 1 aliphatic carbocycles. The lowest BCUT2D eigenvalue weighted by Gasteiger charge is -2.55. The second-order valence-corrected chi connectivity index (χ2v) is 8.14. The van der Waals surface area contributed by atoms with Gasteiger partial charge in [0.2, 0.25) is 0 Å². The van der Waals surface area contributed by atoms with Crippen LogP contribution in [0.25, 0.3) is 0 Å². The van der Waals surface area contributed by atoms with Crippen LogP contribution < -0.4 is 11.1 Å². The minimum absolute atomic E-state index is 0.181. The largest absolute Gasteiger partial charge is 0.398 e. The number of benzene rings is 2. The van der Waals surface area contributed by atoms with Crippen molar-refractivity contribution in [1.82, 2.24) is 10.2 Å². The number of piperidine rings is 1. The molecule has 1 saturated heterocycles. The summed E-state index contributed by atoms with van der Waals surface area (Å²) in [7, 11) is 2.27. The molecule has 2 aromatic carbocycles. The van der Waals surface area contributed by atoms with Crippen molar-refractivity contribution < 1.29 is 0 Å². The summed E-state index contributed by atoms with van der Waals surface area (Å²) in [6.07, 6.45) is 2.32. The van der Waals surface area contributed by atoms with Gasteiger partial charge in [0.05, 0.1) is 0 Å². The van der Waals surface area contributed by atoms with E-state index in [0.29, 0.717) is 12.1 Å². The highest BCUT2D eigenvalue weighted by Crippen LogP contribution is 2.45. The van der Waals surface area contributed by atoms with Crippen LogP contribution in [0.2, 0.25) is 0 Å². The molecule has 0 spiro atoms. The summed E-state index contributed by atoms with van der Waals surface area (Å²) in [5, 5.41) is 3.89. The van der Waals surface area contributed by atoms with Crippen LogP contribution in [-0.2, 0) is 18.4 Å². The van der Waals surface area contributed by atoms with Crippen molar-refractivity contribution in [3.63, 3.8) is 0 Å². The molecule has 2 aromatic rings. The van der Waals surface area contributed by atoms with Crippen LogP contribution in [0, 0.1) is 6.92 Å². The minimum atomic E-state index is 0.181. The van der Waals surface area contributed by atoms with Crippen LogP contribution in [0.4, 0.5) is 5.69 Å². The van der Waals surface area contributed by atoms with Gasteiger partial charge in [-0.3, -0.25) is 0 Å². The predicted octanol–water partition coefficient (Wildman–Crippen LogP) is 3.25. The number of nitrogens with one attached hydrogen (secondary N) is 1. The molecule has 1 heterocycles. The number of nitrogens with two attached hydrogens (primary N) is 1. The number of nitrogen functional groups attached to an aromatic ring is 1. The van der Waals surface area contributed by atoms with Gasteiger partial charge in [-0.15, -0.1) is 0 Å². The van der Waals surface area contributed by atoms with Crippen molar-refractivity contribution in [2.24, 2.45) is 0 Å². The lowest BCUT2D eigenvalue weighted by molar-refractivity contribution is 0.0651. The van der Waals surface area contributed by atoms with E-state index < -0.39 is 0 Å². The number of likely N-dealkylation sites (tertiary alicyclic amines) is 1. The van der Waals surface area contributed by atoms with Gasteiger partial charge in [0.1, 0.15) is 0 Å². The molecule has 0 radical (unpaired) electrons. The summed E-state index contributed by atoms with van der Waals surface area (Å²) in [6.45, 7) is 6.66. The highest BCUT2D eigenvalue weighted by molar-refractivity contribution is 5.47. The number of para-hydroxylation sites is 1. The normalized spacial score (nSPS) is 28.6. The van der Waals surface area contributed by atoms with Gasteiger partial charge < -0.3 is 16.0 Å². The predicted molar refractivity (Wildman–Crippen MR) is 105 cm³/mol. The number of aryl methyl sites for hydroxylation is 1. The molecule has 3 N–H and O–H groups in total. The van der Waals surface area contributed by atoms with Gasteiger partial charge in [-0.05, 0) is 56.1 Å². The zero-order valence-corrected chi connectivity index (χ0v) is 15.5. The van der Waals surface area contributed by atoms with E-state index in [-0.39, 0.29) is 5.41 Å². The van der Waals surface area contributed by atoms with E-state index in [1.165, 1.54) is 29.7 Å². The maximum absolute atomic E-state index is 6.16. The molecule has 0 amide bonds. The highest BCUT2D eigenvalue weighted by atomic mass is 15.2. The fourth-order valence-corrected chi connectivity index (χ4v) is 4.89. The molecular weight excluding hydrogens is 306 g/mol. The third kappa shape index (κ3) is 2.76. The van der Waals surface area contributed by atoms with Gasteiger partial charge in [-0.25, -0.2) is 0 Å². The molecule has 1 aliphatic heterocycles. The fourth-order valence-electron chi connectivity index (χ4n) is 4.89. The Kier molecular flexibility index (Phi) is 4.09. The lowest BCUT2D eigenvalue weighted by atomic mass is 9.61. The third-order valence-electron chi connectivity index (χ3n) is 6.50. The number of nitrogens with zero attached hydrogens (tertiary/aromatic N) is 1. The zero-order valence-electron chi connectivity index (χ0n) is 15.5. The van der Waals surface area contributed by atoms with E-state index >= 15 is 0 Å². The Labute approximate surface area is 151 Å². The standard InChI is InChI=1S/C22H29N3/c1-15-8-9-16-13-20-21(24-14-17-6-4-5-7-19(17)23)22(2,18(16)12-15)10-11-25(20)3/h4-9,12,20-21,24H,10-11,13-14,23H2,1-3H3/t20-,21?,22-/m1/s1. The van der Waals surface area contributed by atoms with Crippen LogP contribution in [0.5, 0.6) is 0 Å². The van der Waals surface area contributed by atoms with Crippen molar-refractivity contribution in [2.75, 3.05) is 19.3 Å². The molecule has 3 atom stereocenters. The Morgan fingerprint density at radius 1 is 1.24 bits per heavy atom. The molecule has 0 saturated carbocycles. The van der Waals surface area contributed by atoms with Gasteiger partial charge in [-0.1, -0.05) is 48.9 Å². The zero-order chi connectivity index (χ0) is 17.6. The van der Waals surface area contributed by atoms with Gasteiger partial charge in [0, 0.05) is 29.7 Å². The van der Waals surface area contributed by atoms with Crippen molar-refractivity contribution in [2.45, 2.75) is 50.7 Å². The van der Waals surface area contributed by atoms with E-state index in [1.807, 2.05) is 12.1 Å². The van der Waals surface area contributed by atoms with Gasteiger partial charge >= 0.3 is 0 Å². The number of anilines is 1. The second-order valence-electron chi connectivity index (χ2n) is 8.14. The average molecular weight is 335 g/mol. The maximum Gasteiger partial charge on any atom is 0.0359 e. The number of fused-ring (bicyclic) bond motifs is 4. The Balaban J connectivity index is 1.68. The summed E-state index contributed by atoms with van der Waals surface area (Å²) in [6, 6.07) is 16.2. The monoisotopic (exact) mass is 335 g/mol. The molecule has 1 fully saturated rings. The molecule has 1 unspecified atom stereocenters. The Morgan fingerprint density at radius 3 is 2.84 bits per heavy atom. The summed E-state index contributed by atoms with van der Waals surface area (Å²) >= 11 is 0. The van der Waals surface area contributed by atoms with Crippen molar-refractivity contribution >= 4 is 5.69 Å². The summed E-state index contributed by atoms with van der Waals surface area (Å²) in [4.78, 5) is 2.54. The van der Waals surface area contributed by atoms with E-state index in [0.717, 1.165) is 18.7 Å². The van der Waals surface area contributed by atoms with Crippen LogP contribution in [0.15, 0.2) is 42.5 Å². The maximum atomic E-state index is 6.16. The van der Waals surface area contributed by atoms with Crippen molar-refractivity contribution in [3.8, 4) is 0 Å². The first kappa shape index (κ1) is 16.6. The SMILES string of the molecule is Cc1ccc2c(c1)[C@@]1(C)CCN(C)[C@H](C2)C1NCc1ccccc1N. The molecule has 3 heteroatoms. The van der Waals surface area contributed by atoms with Gasteiger partial charge in [0.25, 0.3) is 0 Å². The molecule has 3 nitrogen and oxygen atoms in total. The Morgan fingerprint density at radius 2 is 2.04 bits per heavy atom. The molecule has 2 aliphatic rings. The fraction of sp³-hybridized carbons (Fsp3) is 0.455. The topological polar surface area (TPSA) is 41.3 Å². The first-order valence-corrected chi connectivity index (χ1v) is 9.36. The number of hydrogen-bond acceptors (Lipinski definition) is 3. The van der Waals surface area contributed by atoms with Crippen LogP contribution in [-0.4, -0.2) is 30.6 Å². The minimum Gasteiger partial charge on any atom is -0.398 e. The van der Waals surface area contributed by atoms with E-state index in [4.69, 9.17) is 5.73 Å². The molecule has 2 bridgehead atoms. The van der Waals surface area contributed by atoms with Crippen LogP contribution in [0.1, 0.15) is 35.6 Å². The summed E-state index contributed by atoms with van der Waals surface area (Å²) < 4.78 is 0. The molecule has 0 aromatic heterocycles. The Bertz CT molecular complexity index is 785. The number of hydrogen-bond donors (Lipinski definition) is 2. The second kappa shape index (κ2) is 6.15. The quantitative estimate of drug-likeness (QED) is 0.846. The van der Waals surface area contributed by atoms with E-state index in [1.54, 1.807) is 5.56 Å².